The molecule has 0 aliphatic heterocycles. The molecule has 4 heteroatoms. The second-order valence-electron chi connectivity index (χ2n) is 9.38. The average molecular weight is 481 g/mol. The van der Waals surface area contributed by atoms with E-state index in [1.54, 1.807) is 6.92 Å². The molecule has 0 spiro atoms. The standard InChI is InChI=1S/C27H30O3Se/c1-19(15-24(28)29)11-14-31-21-16-22-25(27(4,5)13-12-26(22,2)3)23(17-21)30-18-20-9-7-6-8-10-20/h6-10,15-17H,12-13,18H2,1-5H3,(H,28,29). The number of ether oxygens (including phenoxy) is 1. The number of hydrogen-bond acceptors (Lipinski definition) is 2. The van der Waals surface area contributed by atoms with E-state index in [0.717, 1.165) is 34.7 Å². The second-order valence-corrected chi connectivity index (χ2v) is 11.2. The summed E-state index contributed by atoms with van der Waals surface area (Å²) in [5.74, 6) is 2.96. The molecule has 0 saturated heterocycles. The SMILES string of the molecule is CC(C#C[Se]c1cc(OCc2ccccc2)c2c(c1)C(C)(C)CCC2(C)C)=CC(=O)O. The topological polar surface area (TPSA) is 46.5 Å². The van der Waals surface area contributed by atoms with Crippen molar-refractivity contribution in [2.45, 2.75) is 64.9 Å². The summed E-state index contributed by atoms with van der Waals surface area (Å²) in [6.07, 6.45) is 3.40. The molecule has 0 amide bonds. The number of carbonyl (C=O) groups is 1. The fourth-order valence-corrected chi connectivity index (χ4v) is 5.41. The van der Waals surface area contributed by atoms with Crippen LogP contribution in [0.2, 0.25) is 0 Å². The second kappa shape index (κ2) is 9.35. The van der Waals surface area contributed by atoms with Crippen molar-refractivity contribution in [2.75, 3.05) is 0 Å². The van der Waals surface area contributed by atoms with E-state index >= 15 is 0 Å². The van der Waals surface area contributed by atoms with Gasteiger partial charge in [-0.3, -0.25) is 0 Å². The fourth-order valence-electron chi connectivity index (χ4n) is 4.00. The third kappa shape index (κ3) is 5.82. The van der Waals surface area contributed by atoms with Crippen LogP contribution in [-0.2, 0) is 22.2 Å². The molecule has 0 bridgehead atoms. The van der Waals surface area contributed by atoms with E-state index in [0.29, 0.717) is 12.2 Å². The predicted molar refractivity (Wildman–Crippen MR) is 127 cm³/mol. The van der Waals surface area contributed by atoms with Gasteiger partial charge in [-0.15, -0.1) is 0 Å². The third-order valence-electron chi connectivity index (χ3n) is 5.85. The average Bonchev–Trinajstić information content (AvgIpc) is 2.70. The van der Waals surface area contributed by atoms with Crippen LogP contribution in [0.15, 0.2) is 54.1 Å². The molecule has 0 saturated carbocycles. The first-order valence-electron chi connectivity index (χ1n) is 10.5. The first-order chi connectivity index (χ1) is 14.6. The Balaban J connectivity index is 2.00. The summed E-state index contributed by atoms with van der Waals surface area (Å²) in [5.41, 5.74) is 4.51. The van der Waals surface area contributed by atoms with Crippen LogP contribution in [0.5, 0.6) is 5.75 Å². The van der Waals surface area contributed by atoms with Crippen LogP contribution in [0.3, 0.4) is 0 Å². The first-order valence-corrected chi connectivity index (χ1v) is 12.2. The van der Waals surface area contributed by atoms with Crippen molar-refractivity contribution in [2.24, 2.45) is 0 Å². The molecule has 0 atom stereocenters. The maximum atomic E-state index is 10.8. The Kier molecular flexibility index (Phi) is 6.99. The van der Waals surface area contributed by atoms with Gasteiger partial charge in [-0.05, 0) is 0 Å². The molecule has 1 aliphatic carbocycles. The van der Waals surface area contributed by atoms with Crippen LogP contribution in [0.4, 0.5) is 0 Å². The van der Waals surface area contributed by atoms with Gasteiger partial charge >= 0.3 is 192 Å². The number of allylic oxidation sites excluding steroid dienone is 1. The van der Waals surface area contributed by atoms with E-state index in [1.807, 2.05) is 18.2 Å². The Morgan fingerprint density at radius 1 is 1.13 bits per heavy atom. The summed E-state index contributed by atoms with van der Waals surface area (Å²) in [4.78, 5) is 14.0. The Bertz CT molecular complexity index is 1050. The number of aliphatic carboxylic acids is 1. The quantitative estimate of drug-likeness (QED) is 0.374. The summed E-state index contributed by atoms with van der Waals surface area (Å²) in [6, 6.07) is 14.7. The van der Waals surface area contributed by atoms with Crippen molar-refractivity contribution in [1.82, 2.24) is 0 Å². The Morgan fingerprint density at radius 2 is 1.81 bits per heavy atom. The first kappa shape index (κ1) is 23.2. The van der Waals surface area contributed by atoms with E-state index in [2.05, 4.69) is 62.7 Å². The number of carboxylic acids is 1. The molecule has 2 aromatic rings. The van der Waals surface area contributed by atoms with Gasteiger partial charge in [-0.1, -0.05) is 0 Å². The van der Waals surface area contributed by atoms with E-state index in [1.165, 1.54) is 11.1 Å². The van der Waals surface area contributed by atoms with Crippen LogP contribution in [-0.4, -0.2) is 26.0 Å². The minimum absolute atomic E-state index is 0.0505. The molecule has 0 aromatic heterocycles. The molecule has 1 N–H and O–H groups in total. The van der Waals surface area contributed by atoms with Crippen LogP contribution in [0.25, 0.3) is 0 Å². The van der Waals surface area contributed by atoms with Crippen molar-refractivity contribution in [3.05, 3.63) is 70.8 Å². The molecule has 3 rings (SSSR count). The zero-order valence-corrected chi connectivity index (χ0v) is 20.6. The van der Waals surface area contributed by atoms with Crippen molar-refractivity contribution >= 4 is 25.4 Å². The van der Waals surface area contributed by atoms with E-state index in [-0.39, 0.29) is 25.8 Å². The van der Waals surface area contributed by atoms with Gasteiger partial charge in [0.05, 0.1) is 0 Å². The molecule has 162 valence electrons. The van der Waals surface area contributed by atoms with Gasteiger partial charge in [0, 0.05) is 0 Å². The summed E-state index contributed by atoms with van der Waals surface area (Å²) in [6.45, 7) is 11.5. The molecule has 0 heterocycles. The summed E-state index contributed by atoms with van der Waals surface area (Å²) in [7, 11) is 0. The van der Waals surface area contributed by atoms with Gasteiger partial charge < -0.3 is 0 Å². The normalized spacial score (nSPS) is 16.6. The van der Waals surface area contributed by atoms with Gasteiger partial charge in [-0.25, -0.2) is 0 Å². The molecule has 3 nitrogen and oxygen atoms in total. The molecule has 31 heavy (non-hydrogen) atoms. The van der Waals surface area contributed by atoms with E-state index < -0.39 is 5.97 Å². The summed E-state index contributed by atoms with van der Waals surface area (Å²) in [5, 5.41) is 8.87. The van der Waals surface area contributed by atoms with Gasteiger partial charge in [0.25, 0.3) is 0 Å². The third-order valence-corrected chi connectivity index (χ3v) is 7.27. The number of hydrogen-bond donors (Lipinski definition) is 1. The van der Waals surface area contributed by atoms with Gasteiger partial charge in [0.1, 0.15) is 0 Å². The molecule has 2 aromatic carbocycles. The molecular weight excluding hydrogens is 451 g/mol. The maximum absolute atomic E-state index is 10.8. The molecule has 1 aliphatic rings. The van der Waals surface area contributed by atoms with Crippen molar-refractivity contribution < 1.29 is 14.6 Å². The summed E-state index contributed by atoms with van der Waals surface area (Å²) < 4.78 is 7.58. The number of carboxylic acid groups (broad SMARTS) is 1. The Morgan fingerprint density at radius 3 is 2.48 bits per heavy atom. The zero-order valence-electron chi connectivity index (χ0n) is 18.9. The van der Waals surface area contributed by atoms with E-state index in [4.69, 9.17) is 9.84 Å². The fraction of sp³-hybridized carbons (Fsp3) is 0.370. The van der Waals surface area contributed by atoms with Crippen LogP contribution in [0, 0.1) is 10.7 Å². The van der Waals surface area contributed by atoms with Gasteiger partial charge in [-0.2, -0.15) is 0 Å². The van der Waals surface area contributed by atoms with Crippen LogP contribution in [0.1, 0.15) is 64.2 Å². The summed E-state index contributed by atoms with van der Waals surface area (Å²) >= 11 is -0.0921. The number of rotatable bonds is 5. The van der Waals surface area contributed by atoms with Gasteiger partial charge in [0.15, 0.2) is 0 Å². The van der Waals surface area contributed by atoms with Crippen molar-refractivity contribution in [3.8, 4) is 16.5 Å². The van der Waals surface area contributed by atoms with Crippen molar-refractivity contribution in [3.63, 3.8) is 0 Å². The number of fused-ring (bicyclic) bond motifs is 1. The Hall–Kier alpha value is -2.47. The molecule has 0 unspecified atom stereocenters. The zero-order chi connectivity index (χ0) is 22.6. The number of benzene rings is 2. The molecular formula is C27H30O3Se. The molecule has 0 fully saturated rings. The van der Waals surface area contributed by atoms with Gasteiger partial charge in [0.2, 0.25) is 0 Å². The minimum atomic E-state index is -0.964. The van der Waals surface area contributed by atoms with Crippen LogP contribution >= 0.6 is 0 Å². The molecule has 0 radical (unpaired) electrons. The monoisotopic (exact) mass is 482 g/mol. The van der Waals surface area contributed by atoms with Crippen molar-refractivity contribution in [1.29, 1.82) is 0 Å². The Labute approximate surface area is 192 Å². The van der Waals surface area contributed by atoms with E-state index in [9.17, 15) is 4.79 Å². The van der Waals surface area contributed by atoms with Crippen LogP contribution < -0.4 is 9.20 Å². The predicted octanol–water partition coefficient (Wildman–Crippen LogP) is 4.94.